The summed E-state index contributed by atoms with van der Waals surface area (Å²) in [6.45, 7) is 0. The van der Waals surface area contributed by atoms with Crippen LogP contribution in [-0.2, 0) is 0 Å². The maximum atomic E-state index is 10.6. The van der Waals surface area contributed by atoms with Crippen molar-refractivity contribution in [2.24, 2.45) is 5.73 Å². The molecule has 0 amide bonds. The van der Waals surface area contributed by atoms with Crippen LogP contribution in [0.1, 0.15) is 31.1 Å². The van der Waals surface area contributed by atoms with Crippen LogP contribution < -0.4 is 5.73 Å². The molecule has 2 N–H and O–H groups in total. The van der Waals surface area contributed by atoms with Crippen molar-refractivity contribution >= 4 is 5.69 Å². The summed E-state index contributed by atoms with van der Waals surface area (Å²) in [7, 11) is 0. The van der Waals surface area contributed by atoms with Crippen molar-refractivity contribution in [2.45, 2.75) is 31.2 Å². The Balaban J connectivity index is 1.81. The fraction of sp³-hybridized carbons (Fsp3) is 0.385. The number of rotatable bonds is 3. The molecular weight excluding hydrogens is 260 g/mol. The third-order valence-corrected chi connectivity index (χ3v) is 3.60. The van der Waals surface area contributed by atoms with Crippen molar-refractivity contribution in [2.75, 3.05) is 0 Å². The Bertz CT molecular complexity index is 623. The average Bonchev–Trinajstić information content (AvgIpc) is 3.07. The number of nitro groups is 1. The van der Waals surface area contributed by atoms with Gasteiger partial charge in [0.15, 0.2) is 0 Å². The highest BCUT2D eigenvalue weighted by atomic mass is 16.6. The minimum absolute atomic E-state index is 0.0410. The minimum atomic E-state index is -0.439. The standard InChI is InChI=1S/C13H14N4O3/c14-10-4-1-9(7-10)13-15-12(16-20-13)8-2-5-11(6-3-8)17(18)19/h2-3,5-6,9-10H,1,4,7,14H2. The highest BCUT2D eigenvalue weighted by molar-refractivity contribution is 5.56. The van der Waals surface area contributed by atoms with Gasteiger partial charge in [-0.15, -0.1) is 0 Å². The van der Waals surface area contributed by atoms with Crippen molar-refractivity contribution in [1.82, 2.24) is 10.1 Å². The molecule has 0 radical (unpaired) electrons. The fourth-order valence-corrected chi connectivity index (χ4v) is 2.49. The molecule has 7 nitrogen and oxygen atoms in total. The molecule has 2 unspecified atom stereocenters. The van der Waals surface area contributed by atoms with Crippen LogP contribution in [0.25, 0.3) is 11.4 Å². The fourth-order valence-electron chi connectivity index (χ4n) is 2.49. The molecule has 3 rings (SSSR count). The molecule has 1 aromatic heterocycles. The van der Waals surface area contributed by atoms with Gasteiger partial charge in [-0.2, -0.15) is 4.98 Å². The summed E-state index contributed by atoms with van der Waals surface area (Å²) in [5, 5.41) is 14.5. The molecule has 7 heteroatoms. The lowest BCUT2D eigenvalue weighted by atomic mass is 10.1. The lowest BCUT2D eigenvalue weighted by Gasteiger charge is -2.01. The molecule has 2 aromatic rings. The first-order valence-electron chi connectivity index (χ1n) is 6.47. The van der Waals surface area contributed by atoms with Gasteiger partial charge >= 0.3 is 0 Å². The van der Waals surface area contributed by atoms with Gasteiger partial charge in [0.05, 0.1) is 4.92 Å². The van der Waals surface area contributed by atoms with E-state index in [4.69, 9.17) is 10.3 Å². The maximum absolute atomic E-state index is 10.6. The summed E-state index contributed by atoms with van der Waals surface area (Å²) in [6.07, 6.45) is 2.80. The molecule has 0 aliphatic heterocycles. The normalized spacial score (nSPS) is 22.1. The summed E-state index contributed by atoms with van der Waals surface area (Å²) in [5.41, 5.74) is 6.61. The van der Waals surface area contributed by atoms with Crippen molar-refractivity contribution in [3.8, 4) is 11.4 Å². The van der Waals surface area contributed by atoms with E-state index in [0.29, 0.717) is 17.3 Å². The second kappa shape index (κ2) is 5.01. The van der Waals surface area contributed by atoms with Crippen LogP contribution in [0, 0.1) is 10.1 Å². The predicted molar refractivity (Wildman–Crippen MR) is 71.0 cm³/mol. The summed E-state index contributed by atoms with van der Waals surface area (Å²) in [5.74, 6) is 1.28. The predicted octanol–water partition coefficient (Wildman–Crippen LogP) is 2.24. The molecular formula is C13H14N4O3. The van der Waals surface area contributed by atoms with Gasteiger partial charge in [0.1, 0.15) is 0 Å². The number of nitro benzene ring substituents is 1. The lowest BCUT2D eigenvalue weighted by molar-refractivity contribution is -0.384. The highest BCUT2D eigenvalue weighted by Gasteiger charge is 2.28. The molecule has 0 bridgehead atoms. The third kappa shape index (κ3) is 2.39. The van der Waals surface area contributed by atoms with Gasteiger partial charge < -0.3 is 10.3 Å². The smallest absolute Gasteiger partial charge is 0.269 e. The van der Waals surface area contributed by atoms with Crippen LogP contribution in [-0.4, -0.2) is 21.1 Å². The van der Waals surface area contributed by atoms with Crippen LogP contribution in [0.5, 0.6) is 0 Å². The molecule has 104 valence electrons. The van der Waals surface area contributed by atoms with Crippen LogP contribution in [0.2, 0.25) is 0 Å². The zero-order chi connectivity index (χ0) is 14.1. The lowest BCUT2D eigenvalue weighted by Crippen LogP contribution is -2.14. The van der Waals surface area contributed by atoms with Gasteiger partial charge in [-0.25, -0.2) is 0 Å². The molecule has 1 heterocycles. The molecule has 1 aliphatic carbocycles. The summed E-state index contributed by atoms with van der Waals surface area (Å²) in [4.78, 5) is 14.5. The number of hydrogen-bond acceptors (Lipinski definition) is 6. The van der Waals surface area contributed by atoms with Crippen molar-refractivity contribution in [3.63, 3.8) is 0 Å². The molecule has 0 saturated heterocycles. The summed E-state index contributed by atoms with van der Waals surface area (Å²) < 4.78 is 5.28. The van der Waals surface area contributed by atoms with E-state index >= 15 is 0 Å². The van der Waals surface area contributed by atoms with E-state index in [9.17, 15) is 10.1 Å². The largest absolute Gasteiger partial charge is 0.339 e. The Kier molecular flexibility index (Phi) is 3.19. The molecule has 2 atom stereocenters. The quantitative estimate of drug-likeness (QED) is 0.679. The van der Waals surface area contributed by atoms with Crippen molar-refractivity contribution < 1.29 is 9.45 Å². The van der Waals surface area contributed by atoms with E-state index in [1.165, 1.54) is 12.1 Å². The number of nitrogens with zero attached hydrogens (tertiary/aromatic N) is 3. The van der Waals surface area contributed by atoms with Gasteiger partial charge in [-0.1, -0.05) is 5.16 Å². The molecule has 1 saturated carbocycles. The summed E-state index contributed by atoms with van der Waals surface area (Å²) in [6, 6.07) is 6.29. The average molecular weight is 274 g/mol. The monoisotopic (exact) mass is 274 g/mol. The van der Waals surface area contributed by atoms with E-state index in [1.807, 2.05) is 0 Å². The second-order valence-corrected chi connectivity index (χ2v) is 5.03. The SMILES string of the molecule is NC1CCC(c2nc(-c3ccc([N+](=O)[O-])cc3)no2)C1. The number of nitrogens with two attached hydrogens (primary N) is 1. The van der Waals surface area contributed by atoms with Gasteiger partial charge in [0.25, 0.3) is 5.69 Å². The van der Waals surface area contributed by atoms with Crippen LogP contribution in [0.3, 0.4) is 0 Å². The Morgan fingerprint density at radius 1 is 1.30 bits per heavy atom. The van der Waals surface area contributed by atoms with Crippen LogP contribution in [0.4, 0.5) is 5.69 Å². The molecule has 1 fully saturated rings. The van der Waals surface area contributed by atoms with Gasteiger partial charge in [0.2, 0.25) is 11.7 Å². The zero-order valence-electron chi connectivity index (χ0n) is 10.7. The van der Waals surface area contributed by atoms with Gasteiger partial charge in [-0.3, -0.25) is 10.1 Å². The number of aromatic nitrogens is 2. The van der Waals surface area contributed by atoms with E-state index in [1.54, 1.807) is 12.1 Å². The first-order valence-corrected chi connectivity index (χ1v) is 6.47. The Labute approximate surface area is 114 Å². The van der Waals surface area contributed by atoms with E-state index in [0.717, 1.165) is 19.3 Å². The number of benzene rings is 1. The minimum Gasteiger partial charge on any atom is -0.339 e. The Hall–Kier alpha value is -2.28. The van der Waals surface area contributed by atoms with Crippen molar-refractivity contribution in [3.05, 3.63) is 40.3 Å². The van der Waals surface area contributed by atoms with Gasteiger partial charge in [-0.05, 0) is 31.4 Å². The number of non-ortho nitro benzene ring substituents is 1. The highest BCUT2D eigenvalue weighted by Crippen LogP contribution is 2.33. The topological polar surface area (TPSA) is 108 Å². The van der Waals surface area contributed by atoms with E-state index in [2.05, 4.69) is 10.1 Å². The molecule has 20 heavy (non-hydrogen) atoms. The number of hydrogen-bond donors (Lipinski definition) is 1. The van der Waals surface area contributed by atoms with Crippen LogP contribution >= 0.6 is 0 Å². The first-order chi connectivity index (χ1) is 9.63. The summed E-state index contributed by atoms with van der Waals surface area (Å²) >= 11 is 0. The van der Waals surface area contributed by atoms with Crippen LogP contribution in [0.15, 0.2) is 28.8 Å². The van der Waals surface area contributed by atoms with Gasteiger partial charge in [0, 0.05) is 29.7 Å². The maximum Gasteiger partial charge on any atom is 0.269 e. The van der Waals surface area contributed by atoms with Crippen molar-refractivity contribution in [1.29, 1.82) is 0 Å². The molecule has 1 aromatic carbocycles. The van der Waals surface area contributed by atoms with E-state index < -0.39 is 4.92 Å². The first kappa shape index (κ1) is 12.7. The Morgan fingerprint density at radius 3 is 2.65 bits per heavy atom. The zero-order valence-corrected chi connectivity index (χ0v) is 10.7. The second-order valence-electron chi connectivity index (χ2n) is 5.03. The Morgan fingerprint density at radius 2 is 2.05 bits per heavy atom. The molecule has 0 spiro atoms. The van der Waals surface area contributed by atoms with E-state index in [-0.39, 0.29) is 17.6 Å². The third-order valence-electron chi connectivity index (χ3n) is 3.60. The molecule has 1 aliphatic rings.